The maximum absolute atomic E-state index is 10.1. The van der Waals surface area contributed by atoms with Crippen molar-refractivity contribution in [3.8, 4) is 5.75 Å². The molecule has 3 nitrogen and oxygen atoms in total. The molecule has 0 fully saturated rings. The molecule has 112 valence electrons. The average molecular weight is 277 g/mol. The van der Waals surface area contributed by atoms with Crippen LogP contribution in [0.3, 0.4) is 0 Å². The minimum absolute atomic E-state index is 0.143. The summed E-state index contributed by atoms with van der Waals surface area (Å²) in [7, 11) is 0. The summed E-state index contributed by atoms with van der Waals surface area (Å²) in [5.41, 5.74) is 2.65. The number of benzene rings is 1. The molecular weight excluding hydrogens is 250 g/mol. The molecule has 0 bridgehead atoms. The fourth-order valence-electron chi connectivity index (χ4n) is 3.06. The number of aliphatic hydroxyl groups excluding tert-OH is 1. The van der Waals surface area contributed by atoms with Crippen LogP contribution < -0.4 is 5.32 Å². The molecule has 1 aromatic rings. The molecule has 0 aliphatic heterocycles. The van der Waals surface area contributed by atoms with E-state index in [1.807, 2.05) is 12.1 Å². The summed E-state index contributed by atoms with van der Waals surface area (Å²) >= 11 is 0. The lowest BCUT2D eigenvalue weighted by atomic mass is 9.86. The molecule has 0 radical (unpaired) electrons. The minimum Gasteiger partial charge on any atom is -0.508 e. The fraction of sp³-hybridized carbons (Fsp3) is 0.647. The molecule has 0 amide bonds. The Kier molecular flexibility index (Phi) is 4.71. The Labute approximate surface area is 122 Å². The topological polar surface area (TPSA) is 52.5 Å². The monoisotopic (exact) mass is 277 g/mol. The van der Waals surface area contributed by atoms with Crippen LogP contribution in [0.25, 0.3) is 0 Å². The van der Waals surface area contributed by atoms with E-state index in [1.165, 1.54) is 11.1 Å². The molecular formula is C17H27NO2. The molecule has 0 saturated carbocycles. The Morgan fingerprint density at radius 3 is 2.80 bits per heavy atom. The van der Waals surface area contributed by atoms with Crippen molar-refractivity contribution >= 4 is 0 Å². The molecule has 0 aromatic heterocycles. The van der Waals surface area contributed by atoms with Gasteiger partial charge in [-0.1, -0.05) is 26.8 Å². The van der Waals surface area contributed by atoms with Gasteiger partial charge >= 0.3 is 0 Å². The molecule has 20 heavy (non-hydrogen) atoms. The number of aryl methyl sites for hydroxylation is 1. The lowest BCUT2D eigenvalue weighted by molar-refractivity contribution is 0.115. The van der Waals surface area contributed by atoms with Gasteiger partial charge in [0, 0.05) is 12.6 Å². The number of rotatable bonds is 4. The standard InChI is InChI=1S/C17H27NO2/c1-17(2,3)10-14(20)11-18-16-6-4-5-12-7-8-13(19)9-15(12)16/h7-9,14,16,18-20H,4-6,10-11H2,1-3H3. The van der Waals surface area contributed by atoms with Crippen LogP contribution in [-0.4, -0.2) is 22.9 Å². The molecule has 0 heterocycles. The van der Waals surface area contributed by atoms with Crippen LogP contribution in [0.15, 0.2) is 18.2 Å². The SMILES string of the molecule is CC(C)(C)CC(O)CNC1CCCc2ccc(O)cc21. The van der Waals surface area contributed by atoms with Gasteiger partial charge in [-0.05, 0) is 54.4 Å². The third-order valence-electron chi connectivity index (χ3n) is 3.89. The highest BCUT2D eigenvalue weighted by molar-refractivity contribution is 5.38. The Morgan fingerprint density at radius 2 is 2.10 bits per heavy atom. The van der Waals surface area contributed by atoms with Crippen molar-refractivity contribution < 1.29 is 10.2 Å². The normalized spacial score (nSPS) is 20.5. The van der Waals surface area contributed by atoms with Gasteiger partial charge in [-0.2, -0.15) is 0 Å². The number of nitrogens with one attached hydrogen (secondary N) is 1. The van der Waals surface area contributed by atoms with E-state index >= 15 is 0 Å². The summed E-state index contributed by atoms with van der Waals surface area (Å²) in [5.74, 6) is 0.327. The second kappa shape index (κ2) is 6.15. The van der Waals surface area contributed by atoms with Crippen LogP contribution in [0, 0.1) is 5.41 Å². The zero-order valence-corrected chi connectivity index (χ0v) is 12.8. The lowest BCUT2D eigenvalue weighted by Gasteiger charge is -2.29. The lowest BCUT2D eigenvalue weighted by Crippen LogP contribution is -2.34. The van der Waals surface area contributed by atoms with E-state index in [4.69, 9.17) is 0 Å². The zero-order chi connectivity index (χ0) is 14.8. The number of hydrogen-bond donors (Lipinski definition) is 3. The number of aliphatic hydroxyl groups is 1. The van der Waals surface area contributed by atoms with E-state index in [1.54, 1.807) is 6.07 Å². The van der Waals surface area contributed by atoms with E-state index in [0.29, 0.717) is 12.3 Å². The Hall–Kier alpha value is -1.06. The summed E-state index contributed by atoms with van der Waals surface area (Å²) in [4.78, 5) is 0. The Balaban J connectivity index is 1.97. The Morgan fingerprint density at radius 1 is 1.35 bits per heavy atom. The third kappa shape index (κ3) is 4.22. The van der Waals surface area contributed by atoms with Gasteiger partial charge in [0.05, 0.1) is 6.10 Å². The average Bonchev–Trinajstić information content (AvgIpc) is 2.34. The molecule has 2 unspecified atom stereocenters. The molecule has 3 N–H and O–H groups in total. The van der Waals surface area contributed by atoms with Gasteiger partial charge in [-0.25, -0.2) is 0 Å². The van der Waals surface area contributed by atoms with Crippen molar-refractivity contribution in [2.75, 3.05) is 6.54 Å². The second-order valence-electron chi connectivity index (χ2n) is 7.15. The maximum atomic E-state index is 10.1. The first-order valence-corrected chi connectivity index (χ1v) is 7.58. The molecule has 1 aromatic carbocycles. The van der Waals surface area contributed by atoms with E-state index in [9.17, 15) is 10.2 Å². The van der Waals surface area contributed by atoms with Gasteiger partial charge in [-0.15, -0.1) is 0 Å². The number of phenols is 1. The van der Waals surface area contributed by atoms with Crippen molar-refractivity contribution in [1.29, 1.82) is 0 Å². The van der Waals surface area contributed by atoms with Gasteiger partial charge in [0.2, 0.25) is 0 Å². The van der Waals surface area contributed by atoms with Crippen LogP contribution in [0.1, 0.15) is 57.2 Å². The van der Waals surface area contributed by atoms with Crippen LogP contribution in [0.4, 0.5) is 0 Å². The van der Waals surface area contributed by atoms with Crippen molar-refractivity contribution in [1.82, 2.24) is 5.32 Å². The molecule has 3 heteroatoms. The van der Waals surface area contributed by atoms with Crippen LogP contribution >= 0.6 is 0 Å². The van der Waals surface area contributed by atoms with Crippen LogP contribution in [-0.2, 0) is 6.42 Å². The number of aromatic hydroxyl groups is 1. The highest BCUT2D eigenvalue weighted by Crippen LogP contribution is 2.32. The Bertz CT molecular complexity index is 451. The fourth-order valence-corrected chi connectivity index (χ4v) is 3.06. The summed E-state index contributed by atoms with van der Waals surface area (Å²) in [5, 5.41) is 23.2. The first kappa shape index (κ1) is 15.3. The smallest absolute Gasteiger partial charge is 0.115 e. The van der Waals surface area contributed by atoms with E-state index in [0.717, 1.165) is 25.7 Å². The predicted molar refractivity (Wildman–Crippen MR) is 81.9 cm³/mol. The van der Waals surface area contributed by atoms with E-state index in [2.05, 4.69) is 26.1 Å². The van der Waals surface area contributed by atoms with Gasteiger partial charge in [0.15, 0.2) is 0 Å². The highest BCUT2D eigenvalue weighted by Gasteiger charge is 2.22. The molecule has 1 aliphatic rings. The first-order chi connectivity index (χ1) is 9.35. The van der Waals surface area contributed by atoms with E-state index < -0.39 is 0 Å². The van der Waals surface area contributed by atoms with Gasteiger partial charge < -0.3 is 15.5 Å². The number of fused-ring (bicyclic) bond motifs is 1. The summed E-state index contributed by atoms with van der Waals surface area (Å²) in [6.07, 6.45) is 3.78. The summed E-state index contributed by atoms with van der Waals surface area (Å²) in [6, 6.07) is 5.89. The summed E-state index contributed by atoms with van der Waals surface area (Å²) < 4.78 is 0. The van der Waals surface area contributed by atoms with Crippen LogP contribution in [0.2, 0.25) is 0 Å². The minimum atomic E-state index is -0.322. The quantitative estimate of drug-likeness (QED) is 0.792. The predicted octanol–water partition coefficient (Wildman–Crippen LogP) is 3.16. The number of phenolic OH excluding ortho intramolecular Hbond substituents is 1. The van der Waals surface area contributed by atoms with Crippen molar-refractivity contribution in [3.05, 3.63) is 29.3 Å². The zero-order valence-electron chi connectivity index (χ0n) is 12.8. The number of hydrogen-bond acceptors (Lipinski definition) is 3. The third-order valence-corrected chi connectivity index (χ3v) is 3.89. The summed E-state index contributed by atoms with van der Waals surface area (Å²) in [6.45, 7) is 7.04. The highest BCUT2D eigenvalue weighted by atomic mass is 16.3. The van der Waals surface area contributed by atoms with Gasteiger partial charge in [0.25, 0.3) is 0 Å². The molecule has 0 saturated heterocycles. The molecule has 2 rings (SSSR count). The second-order valence-corrected chi connectivity index (χ2v) is 7.15. The molecule has 1 aliphatic carbocycles. The maximum Gasteiger partial charge on any atom is 0.115 e. The largest absolute Gasteiger partial charge is 0.508 e. The van der Waals surface area contributed by atoms with E-state index in [-0.39, 0.29) is 17.6 Å². The van der Waals surface area contributed by atoms with Crippen molar-refractivity contribution in [2.24, 2.45) is 5.41 Å². The van der Waals surface area contributed by atoms with Gasteiger partial charge in [0.1, 0.15) is 5.75 Å². The molecule has 0 spiro atoms. The van der Waals surface area contributed by atoms with Crippen molar-refractivity contribution in [2.45, 2.75) is 58.6 Å². The molecule has 2 atom stereocenters. The van der Waals surface area contributed by atoms with Gasteiger partial charge in [-0.3, -0.25) is 0 Å². The first-order valence-electron chi connectivity index (χ1n) is 7.58. The van der Waals surface area contributed by atoms with Crippen molar-refractivity contribution in [3.63, 3.8) is 0 Å². The van der Waals surface area contributed by atoms with Crippen LogP contribution in [0.5, 0.6) is 5.75 Å².